The van der Waals surface area contributed by atoms with E-state index in [9.17, 15) is 4.79 Å². The molecule has 0 unspecified atom stereocenters. The molecule has 4 nitrogen and oxygen atoms in total. The normalized spacial score (nSPS) is 10.9. The summed E-state index contributed by atoms with van der Waals surface area (Å²) in [7, 11) is 1.53. The Bertz CT molecular complexity index is 541. The Morgan fingerprint density at radius 3 is 2.57 bits per heavy atom. The zero-order valence-electron chi connectivity index (χ0n) is 13.3. The molecule has 0 atom stereocenters. The van der Waals surface area contributed by atoms with Crippen LogP contribution in [0.4, 0.5) is 0 Å². The van der Waals surface area contributed by atoms with Gasteiger partial charge in [0, 0.05) is 11.1 Å². The lowest BCUT2D eigenvalue weighted by Gasteiger charge is -2.30. The lowest BCUT2D eigenvalue weighted by Crippen LogP contribution is -2.47. The molecule has 0 aliphatic heterocycles. The van der Waals surface area contributed by atoms with Crippen molar-refractivity contribution in [1.82, 2.24) is 5.32 Å². The lowest BCUT2D eigenvalue weighted by molar-refractivity contribution is 0.0890. The Hall–Kier alpha value is -2.15. The fourth-order valence-corrected chi connectivity index (χ4v) is 1.56. The number of rotatable bonds is 6. The van der Waals surface area contributed by atoms with E-state index >= 15 is 0 Å². The number of methoxy groups -OCH3 is 1. The van der Waals surface area contributed by atoms with Gasteiger partial charge in [0.1, 0.15) is 6.61 Å². The van der Waals surface area contributed by atoms with Crippen molar-refractivity contribution >= 4 is 5.91 Å². The molecule has 0 fully saturated rings. The Balaban J connectivity index is 2.94. The number of hydrogen-bond donors (Lipinski definition) is 1. The summed E-state index contributed by atoms with van der Waals surface area (Å²) in [5.74, 6) is 3.58. The van der Waals surface area contributed by atoms with Gasteiger partial charge >= 0.3 is 0 Å². The van der Waals surface area contributed by atoms with Crippen LogP contribution in [0.25, 0.3) is 0 Å². The predicted octanol–water partition coefficient (Wildman–Crippen LogP) is 2.87. The Labute approximate surface area is 126 Å². The van der Waals surface area contributed by atoms with Gasteiger partial charge in [-0.15, -0.1) is 6.42 Å². The zero-order valence-corrected chi connectivity index (χ0v) is 13.3. The summed E-state index contributed by atoms with van der Waals surface area (Å²) in [5.41, 5.74) is 0.233. The lowest BCUT2D eigenvalue weighted by atomic mass is 9.90. The molecular formula is C17H23NO3. The van der Waals surface area contributed by atoms with Crippen molar-refractivity contribution in [2.75, 3.05) is 13.7 Å². The molecule has 0 heterocycles. The van der Waals surface area contributed by atoms with E-state index in [1.54, 1.807) is 18.2 Å². The Morgan fingerprint density at radius 2 is 2.05 bits per heavy atom. The number of hydrogen-bond acceptors (Lipinski definition) is 3. The van der Waals surface area contributed by atoms with Crippen molar-refractivity contribution in [3.8, 4) is 23.8 Å². The van der Waals surface area contributed by atoms with Crippen molar-refractivity contribution in [1.29, 1.82) is 0 Å². The topological polar surface area (TPSA) is 47.6 Å². The SMILES string of the molecule is C#CCOc1ccc(C(=O)NC(C)(C)C(C)C)cc1OC. The van der Waals surface area contributed by atoms with Crippen molar-refractivity contribution in [3.63, 3.8) is 0 Å². The molecule has 0 spiro atoms. The molecule has 1 N–H and O–H groups in total. The van der Waals surface area contributed by atoms with E-state index in [2.05, 4.69) is 25.1 Å². The minimum atomic E-state index is -0.289. The fraction of sp³-hybridized carbons (Fsp3) is 0.471. The molecule has 0 aromatic heterocycles. The number of benzene rings is 1. The van der Waals surface area contributed by atoms with Crippen LogP contribution in [0, 0.1) is 18.3 Å². The number of ether oxygens (including phenoxy) is 2. The molecular weight excluding hydrogens is 266 g/mol. The van der Waals surface area contributed by atoms with E-state index in [4.69, 9.17) is 15.9 Å². The molecule has 1 rings (SSSR count). The zero-order chi connectivity index (χ0) is 16.0. The van der Waals surface area contributed by atoms with E-state index in [0.717, 1.165) is 0 Å². The highest BCUT2D eigenvalue weighted by Gasteiger charge is 2.25. The molecule has 4 heteroatoms. The largest absolute Gasteiger partial charge is 0.493 e. The molecule has 1 amide bonds. The number of carbonyl (C=O) groups excluding carboxylic acids is 1. The summed E-state index contributed by atoms with van der Waals surface area (Å²) < 4.78 is 10.6. The van der Waals surface area contributed by atoms with Gasteiger partial charge in [-0.1, -0.05) is 19.8 Å². The first-order valence-corrected chi connectivity index (χ1v) is 6.88. The third-order valence-electron chi connectivity index (χ3n) is 3.62. The highest BCUT2D eigenvalue weighted by atomic mass is 16.5. The summed E-state index contributed by atoms with van der Waals surface area (Å²) in [4.78, 5) is 12.3. The van der Waals surface area contributed by atoms with E-state index < -0.39 is 0 Å². The number of terminal acetylenes is 1. The summed E-state index contributed by atoms with van der Waals surface area (Å²) in [6.45, 7) is 8.28. The molecule has 114 valence electrons. The molecule has 21 heavy (non-hydrogen) atoms. The predicted molar refractivity (Wildman–Crippen MR) is 83.7 cm³/mol. The highest BCUT2D eigenvalue weighted by molar-refractivity contribution is 5.95. The molecule has 1 aromatic carbocycles. The molecule has 0 saturated heterocycles. The molecule has 0 aliphatic carbocycles. The van der Waals surface area contributed by atoms with E-state index in [1.807, 2.05) is 13.8 Å². The third-order valence-corrected chi connectivity index (χ3v) is 3.62. The molecule has 0 bridgehead atoms. The smallest absolute Gasteiger partial charge is 0.251 e. The van der Waals surface area contributed by atoms with Crippen LogP contribution >= 0.6 is 0 Å². The third kappa shape index (κ3) is 4.42. The van der Waals surface area contributed by atoms with E-state index in [-0.39, 0.29) is 18.1 Å². The number of nitrogens with one attached hydrogen (secondary N) is 1. The average molecular weight is 289 g/mol. The van der Waals surface area contributed by atoms with E-state index in [1.165, 1.54) is 7.11 Å². The van der Waals surface area contributed by atoms with Crippen LogP contribution in [0.5, 0.6) is 11.5 Å². The fourth-order valence-electron chi connectivity index (χ4n) is 1.56. The van der Waals surface area contributed by atoms with Crippen LogP contribution in [-0.4, -0.2) is 25.2 Å². The molecule has 0 aliphatic rings. The van der Waals surface area contributed by atoms with Crippen molar-refractivity contribution in [2.24, 2.45) is 5.92 Å². The molecule has 0 radical (unpaired) electrons. The average Bonchev–Trinajstić information content (AvgIpc) is 2.44. The van der Waals surface area contributed by atoms with Crippen molar-refractivity contribution in [2.45, 2.75) is 33.2 Å². The van der Waals surface area contributed by atoms with Gasteiger partial charge in [0.15, 0.2) is 11.5 Å². The first-order valence-electron chi connectivity index (χ1n) is 6.88. The van der Waals surface area contributed by atoms with Crippen molar-refractivity contribution in [3.05, 3.63) is 23.8 Å². The van der Waals surface area contributed by atoms with Gasteiger partial charge in [-0.25, -0.2) is 0 Å². The highest BCUT2D eigenvalue weighted by Crippen LogP contribution is 2.28. The Morgan fingerprint density at radius 1 is 1.38 bits per heavy atom. The summed E-state index contributed by atoms with van der Waals surface area (Å²) in [6.07, 6.45) is 5.16. The van der Waals surface area contributed by atoms with Gasteiger partial charge < -0.3 is 14.8 Å². The maximum atomic E-state index is 12.3. The van der Waals surface area contributed by atoms with Gasteiger partial charge in [-0.2, -0.15) is 0 Å². The van der Waals surface area contributed by atoms with Crippen LogP contribution in [0.3, 0.4) is 0 Å². The van der Waals surface area contributed by atoms with Crippen LogP contribution in [0.2, 0.25) is 0 Å². The number of amides is 1. The molecule has 0 saturated carbocycles. The number of carbonyl (C=O) groups is 1. The van der Waals surface area contributed by atoms with Gasteiger partial charge in [-0.3, -0.25) is 4.79 Å². The van der Waals surface area contributed by atoms with Gasteiger partial charge in [-0.05, 0) is 38.0 Å². The van der Waals surface area contributed by atoms with Crippen LogP contribution in [-0.2, 0) is 0 Å². The first-order chi connectivity index (χ1) is 9.81. The first kappa shape index (κ1) is 16.9. The van der Waals surface area contributed by atoms with Crippen LogP contribution < -0.4 is 14.8 Å². The second kappa shape index (κ2) is 7.03. The maximum absolute atomic E-state index is 12.3. The quantitative estimate of drug-likeness (QED) is 0.819. The summed E-state index contributed by atoms with van der Waals surface area (Å²) in [6, 6.07) is 5.03. The van der Waals surface area contributed by atoms with E-state index in [0.29, 0.717) is 23.0 Å². The summed E-state index contributed by atoms with van der Waals surface area (Å²) in [5, 5.41) is 3.02. The summed E-state index contributed by atoms with van der Waals surface area (Å²) >= 11 is 0. The minimum Gasteiger partial charge on any atom is -0.493 e. The monoisotopic (exact) mass is 289 g/mol. The minimum absolute atomic E-state index is 0.143. The van der Waals surface area contributed by atoms with Gasteiger partial charge in [0.2, 0.25) is 0 Å². The second-order valence-electron chi connectivity index (χ2n) is 5.69. The second-order valence-corrected chi connectivity index (χ2v) is 5.69. The van der Waals surface area contributed by atoms with Crippen LogP contribution in [0.15, 0.2) is 18.2 Å². The molecule has 1 aromatic rings. The van der Waals surface area contributed by atoms with Crippen LogP contribution in [0.1, 0.15) is 38.1 Å². The standard InChI is InChI=1S/C17H23NO3/c1-7-10-21-14-9-8-13(11-15(14)20-6)16(19)18-17(4,5)12(2)3/h1,8-9,11-12H,10H2,2-6H3,(H,18,19). The van der Waals surface area contributed by atoms with Gasteiger partial charge in [0.05, 0.1) is 7.11 Å². The van der Waals surface area contributed by atoms with Gasteiger partial charge in [0.25, 0.3) is 5.91 Å². The maximum Gasteiger partial charge on any atom is 0.251 e. The Kier molecular flexibility index (Phi) is 5.66. The van der Waals surface area contributed by atoms with Crippen molar-refractivity contribution < 1.29 is 14.3 Å².